The SMILES string of the molecule is NC(=O)C[C@H]1CCCc2cc(CNCCO)ccc21. The molecule has 4 heteroatoms. The summed E-state index contributed by atoms with van der Waals surface area (Å²) in [5, 5.41) is 11.9. The van der Waals surface area contributed by atoms with Crippen LogP contribution in [0.2, 0.25) is 0 Å². The van der Waals surface area contributed by atoms with Gasteiger partial charge in [-0.1, -0.05) is 18.2 Å². The number of aliphatic hydroxyl groups excluding tert-OH is 1. The van der Waals surface area contributed by atoms with E-state index in [4.69, 9.17) is 10.8 Å². The lowest BCUT2D eigenvalue weighted by Gasteiger charge is -2.25. The molecular weight excluding hydrogens is 240 g/mol. The zero-order chi connectivity index (χ0) is 13.7. The molecule has 0 unspecified atom stereocenters. The second-order valence-corrected chi connectivity index (χ2v) is 5.19. The van der Waals surface area contributed by atoms with Gasteiger partial charge in [-0.25, -0.2) is 0 Å². The molecule has 0 heterocycles. The number of benzene rings is 1. The molecule has 1 aliphatic rings. The van der Waals surface area contributed by atoms with Gasteiger partial charge in [0.2, 0.25) is 5.91 Å². The normalized spacial score (nSPS) is 18.1. The van der Waals surface area contributed by atoms with Crippen LogP contribution in [-0.2, 0) is 17.8 Å². The highest BCUT2D eigenvalue weighted by Gasteiger charge is 2.21. The average molecular weight is 262 g/mol. The molecule has 0 aliphatic heterocycles. The second kappa shape index (κ2) is 6.68. The van der Waals surface area contributed by atoms with Crippen LogP contribution >= 0.6 is 0 Å². The van der Waals surface area contributed by atoms with Crippen LogP contribution < -0.4 is 11.1 Å². The third-order valence-electron chi connectivity index (χ3n) is 3.71. The molecule has 4 nitrogen and oxygen atoms in total. The standard InChI is InChI=1S/C15H22N2O2/c16-15(19)9-13-3-1-2-12-8-11(4-5-14(12)13)10-17-6-7-18/h4-5,8,13,17-18H,1-3,6-7,9-10H2,(H2,16,19)/t13-/m1/s1. The fraction of sp³-hybridized carbons (Fsp3) is 0.533. The number of nitrogens with one attached hydrogen (secondary N) is 1. The van der Waals surface area contributed by atoms with Crippen molar-refractivity contribution in [1.82, 2.24) is 5.32 Å². The molecule has 1 atom stereocenters. The summed E-state index contributed by atoms with van der Waals surface area (Å²) >= 11 is 0. The van der Waals surface area contributed by atoms with Crippen LogP contribution in [0.4, 0.5) is 0 Å². The van der Waals surface area contributed by atoms with Crippen molar-refractivity contribution in [2.24, 2.45) is 5.73 Å². The van der Waals surface area contributed by atoms with Gasteiger partial charge < -0.3 is 16.2 Å². The number of carbonyl (C=O) groups excluding carboxylic acids is 1. The van der Waals surface area contributed by atoms with Crippen molar-refractivity contribution in [3.05, 3.63) is 34.9 Å². The molecule has 0 fully saturated rings. The largest absolute Gasteiger partial charge is 0.395 e. The van der Waals surface area contributed by atoms with Gasteiger partial charge in [-0.15, -0.1) is 0 Å². The van der Waals surface area contributed by atoms with Crippen LogP contribution in [0.5, 0.6) is 0 Å². The molecule has 104 valence electrons. The lowest BCUT2D eigenvalue weighted by atomic mass is 9.80. The van der Waals surface area contributed by atoms with Crippen molar-refractivity contribution >= 4 is 5.91 Å². The van der Waals surface area contributed by atoms with Crippen molar-refractivity contribution in [3.8, 4) is 0 Å². The number of carbonyl (C=O) groups is 1. The number of nitrogens with two attached hydrogens (primary N) is 1. The second-order valence-electron chi connectivity index (χ2n) is 5.19. The Morgan fingerprint density at radius 1 is 1.47 bits per heavy atom. The molecule has 1 aromatic carbocycles. The van der Waals surface area contributed by atoms with E-state index in [0.717, 1.165) is 25.8 Å². The lowest BCUT2D eigenvalue weighted by molar-refractivity contribution is -0.118. The monoisotopic (exact) mass is 262 g/mol. The highest BCUT2D eigenvalue weighted by atomic mass is 16.3. The topological polar surface area (TPSA) is 75.4 Å². The van der Waals surface area contributed by atoms with Crippen molar-refractivity contribution in [1.29, 1.82) is 0 Å². The average Bonchev–Trinajstić information content (AvgIpc) is 2.38. The molecule has 0 saturated carbocycles. The number of primary amides is 1. The van der Waals surface area contributed by atoms with Crippen molar-refractivity contribution in [2.75, 3.05) is 13.2 Å². The van der Waals surface area contributed by atoms with Gasteiger partial charge in [0.05, 0.1) is 6.61 Å². The van der Waals surface area contributed by atoms with Crippen LogP contribution in [-0.4, -0.2) is 24.2 Å². The molecule has 0 bridgehead atoms. The summed E-state index contributed by atoms with van der Waals surface area (Å²) < 4.78 is 0. The van der Waals surface area contributed by atoms with Gasteiger partial charge in [0.15, 0.2) is 0 Å². The van der Waals surface area contributed by atoms with Crippen molar-refractivity contribution in [2.45, 2.75) is 38.1 Å². The molecule has 0 aromatic heterocycles. The van der Waals surface area contributed by atoms with Crippen LogP contribution in [0.15, 0.2) is 18.2 Å². The highest BCUT2D eigenvalue weighted by Crippen LogP contribution is 2.34. The maximum atomic E-state index is 11.1. The van der Waals surface area contributed by atoms with Gasteiger partial charge in [-0.05, 0) is 41.9 Å². The first kappa shape index (κ1) is 14.0. The minimum atomic E-state index is -0.216. The maximum absolute atomic E-state index is 11.1. The van der Waals surface area contributed by atoms with Crippen molar-refractivity contribution in [3.63, 3.8) is 0 Å². The minimum Gasteiger partial charge on any atom is -0.395 e. The molecule has 19 heavy (non-hydrogen) atoms. The maximum Gasteiger partial charge on any atom is 0.218 e. The Morgan fingerprint density at radius 2 is 2.32 bits per heavy atom. The first-order chi connectivity index (χ1) is 9.20. The minimum absolute atomic E-state index is 0.158. The van der Waals surface area contributed by atoms with E-state index in [2.05, 4.69) is 23.5 Å². The summed E-state index contributed by atoms with van der Waals surface area (Å²) in [4.78, 5) is 11.1. The quantitative estimate of drug-likeness (QED) is 0.671. The number of aryl methyl sites for hydroxylation is 1. The smallest absolute Gasteiger partial charge is 0.218 e. The predicted octanol–water partition coefficient (Wildman–Crippen LogP) is 1.06. The first-order valence-electron chi connectivity index (χ1n) is 6.92. The van der Waals surface area contributed by atoms with E-state index in [1.54, 1.807) is 0 Å². The molecule has 1 amide bonds. The van der Waals surface area contributed by atoms with Gasteiger partial charge in [0.1, 0.15) is 0 Å². The molecule has 2 rings (SSSR count). The molecule has 0 spiro atoms. The lowest BCUT2D eigenvalue weighted by Crippen LogP contribution is -2.20. The van der Waals surface area contributed by atoms with E-state index in [0.29, 0.717) is 18.9 Å². The van der Waals surface area contributed by atoms with Gasteiger partial charge in [-0.2, -0.15) is 0 Å². The summed E-state index contributed by atoms with van der Waals surface area (Å²) in [5.41, 5.74) is 9.18. The molecule has 1 aromatic rings. The summed E-state index contributed by atoms with van der Waals surface area (Å²) in [7, 11) is 0. The third-order valence-corrected chi connectivity index (χ3v) is 3.71. The molecular formula is C15H22N2O2. The number of rotatable bonds is 6. The Hall–Kier alpha value is -1.39. The summed E-state index contributed by atoms with van der Waals surface area (Å²) in [6, 6.07) is 6.45. The zero-order valence-electron chi connectivity index (χ0n) is 11.2. The van der Waals surface area contributed by atoms with Gasteiger partial charge in [0, 0.05) is 19.5 Å². The van der Waals surface area contributed by atoms with Gasteiger partial charge >= 0.3 is 0 Å². The third kappa shape index (κ3) is 3.78. The zero-order valence-corrected chi connectivity index (χ0v) is 11.2. The summed E-state index contributed by atoms with van der Waals surface area (Å²) in [6.45, 7) is 1.54. The van der Waals surface area contributed by atoms with E-state index >= 15 is 0 Å². The summed E-state index contributed by atoms with van der Waals surface area (Å²) in [5.74, 6) is 0.0761. The number of aliphatic hydroxyl groups is 1. The predicted molar refractivity (Wildman–Crippen MR) is 74.7 cm³/mol. The van der Waals surface area contributed by atoms with Crippen LogP contribution in [0.1, 0.15) is 41.9 Å². The number of hydrogen-bond acceptors (Lipinski definition) is 3. The fourth-order valence-electron chi connectivity index (χ4n) is 2.84. The Labute approximate surface area is 114 Å². The Morgan fingerprint density at radius 3 is 3.05 bits per heavy atom. The molecule has 0 radical (unpaired) electrons. The van der Waals surface area contributed by atoms with E-state index < -0.39 is 0 Å². The van der Waals surface area contributed by atoms with Crippen LogP contribution in [0.3, 0.4) is 0 Å². The Balaban J connectivity index is 2.09. The van der Waals surface area contributed by atoms with Gasteiger partial charge in [0.25, 0.3) is 0 Å². The fourth-order valence-corrected chi connectivity index (χ4v) is 2.84. The number of amides is 1. The van der Waals surface area contributed by atoms with E-state index in [1.807, 2.05) is 0 Å². The molecule has 1 aliphatic carbocycles. The number of hydrogen-bond donors (Lipinski definition) is 3. The Bertz CT molecular complexity index is 446. The van der Waals surface area contributed by atoms with Crippen LogP contribution in [0.25, 0.3) is 0 Å². The number of fused-ring (bicyclic) bond motifs is 1. The first-order valence-corrected chi connectivity index (χ1v) is 6.92. The van der Waals surface area contributed by atoms with Crippen LogP contribution in [0, 0.1) is 0 Å². The van der Waals surface area contributed by atoms with E-state index in [-0.39, 0.29) is 12.5 Å². The molecule has 4 N–H and O–H groups in total. The summed E-state index contributed by atoms with van der Waals surface area (Å²) in [6.07, 6.45) is 3.71. The Kier molecular flexibility index (Phi) is 4.93. The van der Waals surface area contributed by atoms with E-state index in [1.165, 1.54) is 16.7 Å². The van der Waals surface area contributed by atoms with Gasteiger partial charge in [-0.3, -0.25) is 4.79 Å². The molecule has 0 saturated heterocycles. The highest BCUT2D eigenvalue weighted by molar-refractivity contribution is 5.75. The van der Waals surface area contributed by atoms with Crippen molar-refractivity contribution < 1.29 is 9.90 Å². The van der Waals surface area contributed by atoms with E-state index in [9.17, 15) is 4.79 Å².